The first-order valence-corrected chi connectivity index (χ1v) is 4.34. The average Bonchev–Trinajstić information content (AvgIpc) is 2.53. The van der Waals surface area contributed by atoms with E-state index in [1.807, 2.05) is 12.1 Å². The maximum Gasteiger partial charge on any atom is 0.220 e. The van der Waals surface area contributed by atoms with E-state index >= 15 is 0 Å². The number of carbonyl (C=O) groups excluding carboxylic acids is 1. The third kappa shape index (κ3) is 1.49. The summed E-state index contributed by atoms with van der Waals surface area (Å²) in [6, 6.07) is 7.11. The normalized spacial score (nSPS) is 21.5. The van der Waals surface area contributed by atoms with Gasteiger partial charge in [0.1, 0.15) is 5.75 Å². The Hall–Kier alpha value is -1.51. The number of hydrogen-bond acceptors (Lipinski definition) is 2. The Bertz CT molecular complexity index is 335. The quantitative estimate of drug-likeness (QED) is 0.680. The fourth-order valence-corrected chi connectivity index (χ4v) is 1.63. The average molecular weight is 177 g/mol. The Kier molecular flexibility index (Phi) is 1.93. The highest BCUT2D eigenvalue weighted by atomic mass is 16.3. The van der Waals surface area contributed by atoms with Crippen molar-refractivity contribution >= 4 is 5.91 Å². The first kappa shape index (κ1) is 8.10. The van der Waals surface area contributed by atoms with E-state index in [1.165, 1.54) is 0 Å². The van der Waals surface area contributed by atoms with Gasteiger partial charge >= 0.3 is 0 Å². The van der Waals surface area contributed by atoms with Crippen molar-refractivity contribution in [2.75, 3.05) is 0 Å². The summed E-state index contributed by atoms with van der Waals surface area (Å²) >= 11 is 0. The van der Waals surface area contributed by atoms with Crippen molar-refractivity contribution in [1.29, 1.82) is 0 Å². The van der Waals surface area contributed by atoms with Gasteiger partial charge in [-0.3, -0.25) is 4.79 Å². The molecule has 0 aliphatic carbocycles. The van der Waals surface area contributed by atoms with E-state index in [4.69, 9.17) is 0 Å². The molecular weight excluding hydrogens is 166 g/mol. The van der Waals surface area contributed by atoms with E-state index in [2.05, 4.69) is 5.32 Å². The second-order valence-electron chi connectivity index (χ2n) is 3.22. The number of phenols is 1. The maximum atomic E-state index is 10.9. The molecule has 3 heteroatoms. The van der Waals surface area contributed by atoms with Crippen molar-refractivity contribution in [3.63, 3.8) is 0 Å². The Morgan fingerprint density at radius 2 is 2.15 bits per heavy atom. The molecule has 1 atom stereocenters. The van der Waals surface area contributed by atoms with Crippen LogP contribution in [0.25, 0.3) is 0 Å². The van der Waals surface area contributed by atoms with Gasteiger partial charge in [-0.25, -0.2) is 0 Å². The fraction of sp³-hybridized carbons (Fsp3) is 0.300. The molecule has 0 saturated carbocycles. The monoisotopic (exact) mass is 177 g/mol. The molecule has 13 heavy (non-hydrogen) atoms. The van der Waals surface area contributed by atoms with Gasteiger partial charge in [0.2, 0.25) is 5.91 Å². The predicted molar refractivity (Wildman–Crippen MR) is 48.2 cm³/mol. The molecule has 1 fully saturated rings. The molecule has 68 valence electrons. The molecule has 2 rings (SSSR count). The second-order valence-corrected chi connectivity index (χ2v) is 3.22. The molecule has 1 aromatic carbocycles. The predicted octanol–water partition coefficient (Wildman–Crippen LogP) is 1.34. The van der Waals surface area contributed by atoms with Gasteiger partial charge in [-0.1, -0.05) is 18.2 Å². The van der Waals surface area contributed by atoms with Crippen LogP contribution in [0.1, 0.15) is 24.4 Å². The largest absolute Gasteiger partial charge is 0.508 e. The van der Waals surface area contributed by atoms with E-state index < -0.39 is 0 Å². The minimum Gasteiger partial charge on any atom is -0.508 e. The Labute approximate surface area is 76.4 Å². The van der Waals surface area contributed by atoms with E-state index in [-0.39, 0.29) is 17.7 Å². The van der Waals surface area contributed by atoms with Gasteiger partial charge in [-0.2, -0.15) is 0 Å². The zero-order valence-corrected chi connectivity index (χ0v) is 7.16. The zero-order chi connectivity index (χ0) is 9.26. The van der Waals surface area contributed by atoms with E-state index in [9.17, 15) is 9.90 Å². The summed E-state index contributed by atoms with van der Waals surface area (Å²) in [7, 11) is 0. The summed E-state index contributed by atoms with van der Waals surface area (Å²) in [5, 5.41) is 12.3. The third-order valence-corrected chi connectivity index (χ3v) is 2.31. The molecule has 0 spiro atoms. The summed E-state index contributed by atoms with van der Waals surface area (Å²) in [5.74, 6) is 0.322. The summed E-state index contributed by atoms with van der Waals surface area (Å²) < 4.78 is 0. The number of carbonyl (C=O) groups is 1. The van der Waals surface area contributed by atoms with Gasteiger partial charge in [0.05, 0.1) is 6.04 Å². The van der Waals surface area contributed by atoms with Crippen LogP contribution in [0.3, 0.4) is 0 Å². The number of amides is 1. The number of hydrogen-bond donors (Lipinski definition) is 2. The Balaban J connectivity index is 2.26. The Morgan fingerprint density at radius 1 is 1.38 bits per heavy atom. The summed E-state index contributed by atoms with van der Waals surface area (Å²) in [4.78, 5) is 10.9. The van der Waals surface area contributed by atoms with Gasteiger partial charge in [0, 0.05) is 12.0 Å². The molecular formula is C10H11NO2. The van der Waals surface area contributed by atoms with Crippen LogP contribution < -0.4 is 5.32 Å². The van der Waals surface area contributed by atoms with Gasteiger partial charge in [-0.05, 0) is 12.5 Å². The van der Waals surface area contributed by atoms with E-state index in [1.54, 1.807) is 12.1 Å². The van der Waals surface area contributed by atoms with Crippen molar-refractivity contribution in [2.45, 2.75) is 18.9 Å². The highest BCUT2D eigenvalue weighted by molar-refractivity contribution is 5.78. The Morgan fingerprint density at radius 3 is 2.77 bits per heavy atom. The van der Waals surface area contributed by atoms with E-state index in [0.29, 0.717) is 6.42 Å². The lowest BCUT2D eigenvalue weighted by atomic mass is 10.0. The van der Waals surface area contributed by atoms with Crippen LogP contribution in [-0.2, 0) is 4.79 Å². The van der Waals surface area contributed by atoms with Gasteiger partial charge in [-0.15, -0.1) is 0 Å². The van der Waals surface area contributed by atoms with E-state index in [0.717, 1.165) is 12.0 Å². The van der Waals surface area contributed by atoms with Crippen molar-refractivity contribution < 1.29 is 9.90 Å². The molecule has 1 aromatic rings. The number of phenolic OH excluding ortho intramolecular Hbond substituents is 1. The molecule has 1 amide bonds. The SMILES string of the molecule is O=C1CC[C@@H](c2ccccc2O)N1. The van der Waals surface area contributed by atoms with Crippen LogP contribution in [0.15, 0.2) is 24.3 Å². The molecule has 3 nitrogen and oxygen atoms in total. The van der Waals surface area contributed by atoms with Crippen LogP contribution >= 0.6 is 0 Å². The highest BCUT2D eigenvalue weighted by Crippen LogP contribution is 2.29. The van der Waals surface area contributed by atoms with Crippen molar-refractivity contribution in [1.82, 2.24) is 5.32 Å². The lowest BCUT2D eigenvalue weighted by molar-refractivity contribution is -0.119. The smallest absolute Gasteiger partial charge is 0.220 e. The zero-order valence-electron chi connectivity index (χ0n) is 7.16. The molecule has 0 aromatic heterocycles. The molecule has 1 aliphatic rings. The van der Waals surface area contributed by atoms with Crippen LogP contribution in [0.5, 0.6) is 5.75 Å². The molecule has 0 unspecified atom stereocenters. The lowest BCUT2D eigenvalue weighted by Crippen LogP contribution is -2.18. The molecule has 0 radical (unpaired) electrons. The summed E-state index contributed by atoms with van der Waals surface area (Å²) in [6.07, 6.45) is 1.33. The van der Waals surface area contributed by atoms with Crippen LogP contribution in [0.2, 0.25) is 0 Å². The number of rotatable bonds is 1. The lowest BCUT2D eigenvalue weighted by Gasteiger charge is -2.11. The molecule has 2 N–H and O–H groups in total. The van der Waals surface area contributed by atoms with Crippen LogP contribution in [-0.4, -0.2) is 11.0 Å². The van der Waals surface area contributed by atoms with Crippen LogP contribution in [0.4, 0.5) is 0 Å². The summed E-state index contributed by atoms with van der Waals surface area (Å²) in [5.41, 5.74) is 0.813. The highest BCUT2D eigenvalue weighted by Gasteiger charge is 2.23. The fourth-order valence-electron chi connectivity index (χ4n) is 1.63. The van der Waals surface area contributed by atoms with Gasteiger partial charge in [0.25, 0.3) is 0 Å². The topological polar surface area (TPSA) is 49.3 Å². The minimum absolute atomic E-state index is 0.00583. The van der Waals surface area contributed by atoms with Crippen molar-refractivity contribution in [2.24, 2.45) is 0 Å². The van der Waals surface area contributed by atoms with Crippen LogP contribution in [0, 0.1) is 0 Å². The maximum absolute atomic E-state index is 10.9. The molecule has 1 saturated heterocycles. The molecule has 1 aliphatic heterocycles. The second kappa shape index (κ2) is 3.09. The van der Waals surface area contributed by atoms with Crippen molar-refractivity contribution in [3.8, 4) is 5.75 Å². The number of benzene rings is 1. The minimum atomic E-state index is -0.00583. The third-order valence-electron chi connectivity index (χ3n) is 2.31. The summed E-state index contributed by atoms with van der Waals surface area (Å²) in [6.45, 7) is 0. The standard InChI is InChI=1S/C10H11NO2/c12-9-4-2-1-3-7(9)8-5-6-10(13)11-8/h1-4,8,12H,5-6H2,(H,11,13)/t8-/m0/s1. The van der Waals surface area contributed by atoms with Crippen molar-refractivity contribution in [3.05, 3.63) is 29.8 Å². The number of nitrogens with one attached hydrogen (secondary N) is 1. The molecule has 0 bridgehead atoms. The first-order valence-electron chi connectivity index (χ1n) is 4.34. The number of aromatic hydroxyl groups is 1. The first-order chi connectivity index (χ1) is 6.27. The number of para-hydroxylation sites is 1. The molecule has 1 heterocycles. The van der Waals surface area contributed by atoms with Gasteiger partial charge < -0.3 is 10.4 Å². The van der Waals surface area contributed by atoms with Gasteiger partial charge in [0.15, 0.2) is 0 Å².